The molecule has 0 unspecified atom stereocenters. The SMILES string of the molecule is Cc1cccc(C(=O)NCCCCCO)c1C. The summed E-state index contributed by atoms with van der Waals surface area (Å²) >= 11 is 0. The number of hydrogen-bond acceptors (Lipinski definition) is 2. The molecule has 0 aromatic heterocycles. The van der Waals surface area contributed by atoms with Gasteiger partial charge in [0.2, 0.25) is 0 Å². The minimum absolute atomic E-state index is 0.00445. The lowest BCUT2D eigenvalue weighted by molar-refractivity contribution is 0.0952. The van der Waals surface area contributed by atoms with Crippen LogP contribution < -0.4 is 5.32 Å². The van der Waals surface area contributed by atoms with E-state index < -0.39 is 0 Å². The molecule has 1 amide bonds. The Balaban J connectivity index is 2.44. The number of aliphatic hydroxyl groups excluding tert-OH is 1. The summed E-state index contributed by atoms with van der Waals surface area (Å²) in [5, 5.41) is 11.5. The second-order valence-electron chi connectivity index (χ2n) is 4.29. The van der Waals surface area contributed by atoms with Crippen LogP contribution >= 0.6 is 0 Å². The Kier molecular flexibility index (Phi) is 5.70. The predicted molar refractivity (Wildman–Crippen MR) is 69.2 cm³/mol. The van der Waals surface area contributed by atoms with Crippen molar-refractivity contribution in [3.8, 4) is 0 Å². The summed E-state index contributed by atoms with van der Waals surface area (Å²) in [4.78, 5) is 11.9. The summed E-state index contributed by atoms with van der Waals surface area (Å²) in [7, 11) is 0. The maximum absolute atomic E-state index is 11.9. The van der Waals surface area contributed by atoms with Gasteiger partial charge in [-0.15, -0.1) is 0 Å². The first-order valence-corrected chi connectivity index (χ1v) is 6.12. The van der Waals surface area contributed by atoms with E-state index in [0.717, 1.165) is 36.0 Å². The van der Waals surface area contributed by atoms with Crippen LogP contribution in [0.4, 0.5) is 0 Å². The normalized spacial score (nSPS) is 10.3. The van der Waals surface area contributed by atoms with E-state index in [0.29, 0.717) is 6.54 Å². The highest BCUT2D eigenvalue weighted by atomic mass is 16.2. The summed E-state index contributed by atoms with van der Waals surface area (Å²) < 4.78 is 0. The lowest BCUT2D eigenvalue weighted by Crippen LogP contribution is -2.25. The molecule has 3 heteroatoms. The number of nitrogens with one attached hydrogen (secondary N) is 1. The molecule has 94 valence electrons. The van der Waals surface area contributed by atoms with Crippen molar-refractivity contribution in [3.05, 3.63) is 34.9 Å². The number of unbranched alkanes of at least 4 members (excludes halogenated alkanes) is 2. The second-order valence-corrected chi connectivity index (χ2v) is 4.29. The summed E-state index contributed by atoms with van der Waals surface area (Å²) in [5.41, 5.74) is 2.94. The zero-order valence-corrected chi connectivity index (χ0v) is 10.6. The van der Waals surface area contributed by atoms with E-state index in [2.05, 4.69) is 5.32 Å². The number of aryl methyl sites for hydroxylation is 1. The first kappa shape index (κ1) is 13.7. The fourth-order valence-corrected chi connectivity index (χ4v) is 1.71. The Morgan fingerprint density at radius 2 is 2.00 bits per heavy atom. The molecule has 3 nitrogen and oxygen atoms in total. The molecule has 0 heterocycles. The minimum atomic E-state index is -0.00445. The van der Waals surface area contributed by atoms with Crippen LogP contribution in [0.2, 0.25) is 0 Å². The Morgan fingerprint density at radius 3 is 2.71 bits per heavy atom. The second kappa shape index (κ2) is 7.07. The number of hydrogen-bond donors (Lipinski definition) is 2. The summed E-state index contributed by atoms with van der Waals surface area (Å²) in [5.74, 6) is -0.00445. The first-order chi connectivity index (χ1) is 8.16. The van der Waals surface area contributed by atoms with Crippen molar-refractivity contribution in [1.82, 2.24) is 5.32 Å². The monoisotopic (exact) mass is 235 g/mol. The van der Waals surface area contributed by atoms with E-state index in [1.54, 1.807) is 0 Å². The van der Waals surface area contributed by atoms with E-state index in [1.807, 2.05) is 32.0 Å². The molecule has 0 aliphatic carbocycles. The van der Waals surface area contributed by atoms with Gasteiger partial charge in [-0.2, -0.15) is 0 Å². The molecule has 0 atom stereocenters. The van der Waals surface area contributed by atoms with Crippen molar-refractivity contribution in [1.29, 1.82) is 0 Å². The predicted octanol–water partition coefficient (Wildman–Crippen LogP) is 2.20. The van der Waals surface area contributed by atoms with Crippen molar-refractivity contribution in [2.75, 3.05) is 13.2 Å². The summed E-state index contributed by atoms with van der Waals surface area (Å²) in [6.45, 7) is 4.88. The van der Waals surface area contributed by atoms with Crippen molar-refractivity contribution >= 4 is 5.91 Å². The van der Waals surface area contributed by atoms with Gasteiger partial charge in [0.25, 0.3) is 5.91 Å². The Hall–Kier alpha value is -1.35. The molecule has 0 radical (unpaired) electrons. The molecule has 0 fully saturated rings. The molecule has 0 saturated carbocycles. The molecule has 17 heavy (non-hydrogen) atoms. The molecule has 1 rings (SSSR count). The van der Waals surface area contributed by atoms with E-state index in [-0.39, 0.29) is 12.5 Å². The third kappa shape index (κ3) is 4.19. The highest BCUT2D eigenvalue weighted by Gasteiger charge is 2.08. The lowest BCUT2D eigenvalue weighted by Gasteiger charge is -2.09. The van der Waals surface area contributed by atoms with Gasteiger partial charge in [0.15, 0.2) is 0 Å². The van der Waals surface area contributed by atoms with Crippen LogP contribution in [0.1, 0.15) is 40.7 Å². The van der Waals surface area contributed by atoms with E-state index in [1.165, 1.54) is 0 Å². The van der Waals surface area contributed by atoms with Crippen LogP contribution in [-0.2, 0) is 0 Å². The molecule has 0 bridgehead atoms. The largest absolute Gasteiger partial charge is 0.396 e. The molecule has 0 spiro atoms. The molecule has 1 aromatic carbocycles. The van der Waals surface area contributed by atoms with Gasteiger partial charge in [0.1, 0.15) is 0 Å². The molecule has 0 saturated heterocycles. The molecule has 0 aliphatic rings. The average Bonchev–Trinajstić information content (AvgIpc) is 2.32. The molecular formula is C14H21NO2. The standard InChI is InChI=1S/C14H21NO2/c1-11-7-6-8-13(12(11)2)14(17)15-9-4-3-5-10-16/h6-8,16H,3-5,9-10H2,1-2H3,(H,15,17). The zero-order valence-electron chi connectivity index (χ0n) is 10.6. The summed E-state index contributed by atoms with van der Waals surface area (Å²) in [6, 6.07) is 5.77. The van der Waals surface area contributed by atoms with Crippen LogP contribution in [0, 0.1) is 13.8 Å². The Bertz CT molecular complexity index is 374. The molecular weight excluding hydrogens is 214 g/mol. The zero-order chi connectivity index (χ0) is 12.7. The van der Waals surface area contributed by atoms with Gasteiger partial charge in [-0.3, -0.25) is 4.79 Å². The van der Waals surface area contributed by atoms with Gasteiger partial charge < -0.3 is 10.4 Å². The maximum atomic E-state index is 11.9. The minimum Gasteiger partial charge on any atom is -0.396 e. The third-order valence-electron chi connectivity index (χ3n) is 2.97. The van der Waals surface area contributed by atoms with Crippen LogP contribution in [0.15, 0.2) is 18.2 Å². The highest BCUT2D eigenvalue weighted by Crippen LogP contribution is 2.12. The molecule has 2 N–H and O–H groups in total. The van der Waals surface area contributed by atoms with Crippen LogP contribution in [0.5, 0.6) is 0 Å². The number of carbonyl (C=O) groups is 1. The van der Waals surface area contributed by atoms with E-state index in [9.17, 15) is 4.79 Å². The maximum Gasteiger partial charge on any atom is 0.251 e. The third-order valence-corrected chi connectivity index (χ3v) is 2.97. The van der Waals surface area contributed by atoms with Crippen molar-refractivity contribution in [2.24, 2.45) is 0 Å². The van der Waals surface area contributed by atoms with E-state index >= 15 is 0 Å². The topological polar surface area (TPSA) is 49.3 Å². The number of benzene rings is 1. The molecule has 1 aromatic rings. The fourth-order valence-electron chi connectivity index (χ4n) is 1.71. The smallest absolute Gasteiger partial charge is 0.251 e. The molecule has 0 aliphatic heterocycles. The van der Waals surface area contributed by atoms with Crippen molar-refractivity contribution in [2.45, 2.75) is 33.1 Å². The van der Waals surface area contributed by atoms with Crippen LogP contribution in [-0.4, -0.2) is 24.2 Å². The number of aliphatic hydroxyl groups is 1. The quantitative estimate of drug-likeness (QED) is 0.743. The first-order valence-electron chi connectivity index (χ1n) is 6.12. The van der Waals surface area contributed by atoms with Gasteiger partial charge in [-0.05, 0) is 50.3 Å². The van der Waals surface area contributed by atoms with Gasteiger partial charge >= 0.3 is 0 Å². The average molecular weight is 235 g/mol. The number of rotatable bonds is 6. The summed E-state index contributed by atoms with van der Waals surface area (Å²) in [6.07, 6.45) is 2.67. The van der Waals surface area contributed by atoms with Gasteiger partial charge in [-0.25, -0.2) is 0 Å². The number of amides is 1. The fraction of sp³-hybridized carbons (Fsp3) is 0.500. The van der Waals surface area contributed by atoms with Crippen molar-refractivity contribution < 1.29 is 9.90 Å². The number of carbonyl (C=O) groups excluding carboxylic acids is 1. The van der Waals surface area contributed by atoms with Gasteiger partial charge in [0, 0.05) is 18.7 Å². The van der Waals surface area contributed by atoms with Crippen LogP contribution in [0.3, 0.4) is 0 Å². The van der Waals surface area contributed by atoms with Gasteiger partial charge in [-0.1, -0.05) is 12.1 Å². The van der Waals surface area contributed by atoms with Crippen molar-refractivity contribution in [3.63, 3.8) is 0 Å². The Morgan fingerprint density at radius 1 is 1.24 bits per heavy atom. The van der Waals surface area contributed by atoms with Crippen LogP contribution in [0.25, 0.3) is 0 Å². The van der Waals surface area contributed by atoms with Gasteiger partial charge in [0.05, 0.1) is 0 Å². The highest BCUT2D eigenvalue weighted by molar-refractivity contribution is 5.95. The Labute approximate surface area is 103 Å². The lowest BCUT2D eigenvalue weighted by atomic mass is 10.0. The van der Waals surface area contributed by atoms with E-state index in [4.69, 9.17) is 5.11 Å².